The van der Waals surface area contributed by atoms with Crippen LogP contribution in [0.25, 0.3) is 0 Å². The summed E-state index contributed by atoms with van der Waals surface area (Å²) in [5.74, 6) is -1.35. The Morgan fingerprint density at radius 2 is 1.95 bits per heavy atom. The Kier molecular flexibility index (Phi) is 3.90. The lowest BCUT2D eigenvalue weighted by Gasteiger charge is -2.21. The third-order valence-electron chi connectivity index (χ3n) is 3.57. The van der Waals surface area contributed by atoms with Crippen LogP contribution in [0.4, 0.5) is 0 Å². The first-order valence-electron chi connectivity index (χ1n) is 6.92. The Bertz CT molecular complexity index is 703. The number of nitrogens with zero attached hydrogens (tertiary/aromatic N) is 1. The highest BCUT2D eigenvalue weighted by Gasteiger charge is 2.34. The van der Waals surface area contributed by atoms with Gasteiger partial charge >= 0.3 is 5.97 Å². The minimum atomic E-state index is -1.11. The molecule has 1 fully saturated rings. The van der Waals surface area contributed by atoms with E-state index in [1.54, 1.807) is 17.0 Å². The second-order valence-corrected chi connectivity index (χ2v) is 5.73. The van der Waals surface area contributed by atoms with E-state index in [1.165, 1.54) is 6.07 Å². The lowest BCUT2D eigenvalue weighted by molar-refractivity contribution is 0.0688. The molecule has 0 unspecified atom stereocenters. The van der Waals surface area contributed by atoms with Gasteiger partial charge in [0.25, 0.3) is 5.91 Å². The van der Waals surface area contributed by atoms with Crippen LogP contribution in [-0.4, -0.2) is 27.9 Å². The Morgan fingerprint density at radius 3 is 2.50 bits per heavy atom. The molecule has 1 saturated carbocycles. The molecular weight excluding hydrogens is 306 g/mol. The zero-order valence-corrected chi connectivity index (χ0v) is 12.4. The van der Waals surface area contributed by atoms with Crippen molar-refractivity contribution < 1.29 is 19.1 Å². The Hall–Kier alpha value is -2.27. The van der Waals surface area contributed by atoms with E-state index < -0.39 is 5.97 Å². The molecule has 0 aliphatic heterocycles. The van der Waals surface area contributed by atoms with E-state index in [4.69, 9.17) is 21.1 Å². The normalized spacial score (nSPS) is 13.9. The number of carbonyl (C=O) groups excluding carboxylic acids is 1. The van der Waals surface area contributed by atoms with Crippen LogP contribution in [0, 0.1) is 0 Å². The number of rotatable bonds is 5. The van der Waals surface area contributed by atoms with Gasteiger partial charge in [-0.2, -0.15) is 0 Å². The zero-order chi connectivity index (χ0) is 15.7. The molecule has 0 saturated heterocycles. The number of hydrogen-bond acceptors (Lipinski definition) is 3. The van der Waals surface area contributed by atoms with Crippen LogP contribution in [0.5, 0.6) is 0 Å². The molecule has 1 aliphatic carbocycles. The van der Waals surface area contributed by atoms with E-state index in [0.29, 0.717) is 11.6 Å². The lowest BCUT2D eigenvalue weighted by atomic mass is 10.2. The Labute approximate surface area is 132 Å². The van der Waals surface area contributed by atoms with Crippen molar-refractivity contribution in [1.29, 1.82) is 0 Å². The molecule has 6 heteroatoms. The molecule has 1 heterocycles. The smallest absolute Gasteiger partial charge is 0.338 e. The summed E-state index contributed by atoms with van der Waals surface area (Å²) in [5.41, 5.74) is 0.945. The fraction of sp³-hybridized carbons (Fsp3) is 0.250. The number of amides is 1. The van der Waals surface area contributed by atoms with Crippen molar-refractivity contribution in [3.63, 3.8) is 0 Å². The maximum absolute atomic E-state index is 12.5. The van der Waals surface area contributed by atoms with Gasteiger partial charge in [0.1, 0.15) is 6.26 Å². The molecule has 0 radical (unpaired) electrons. The van der Waals surface area contributed by atoms with E-state index in [2.05, 4.69) is 0 Å². The van der Waals surface area contributed by atoms with Gasteiger partial charge in [0.05, 0.1) is 5.56 Å². The first kappa shape index (κ1) is 14.7. The minimum Gasteiger partial charge on any atom is -0.478 e. The van der Waals surface area contributed by atoms with Crippen LogP contribution >= 0.6 is 11.6 Å². The van der Waals surface area contributed by atoms with Crippen molar-refractivity contribution in [2.45, 2.75) is 25.4 Å². The number of carboxylic acid groups (broad SMARTS) is 1. The van der Waals surface area contributed by atoms with E-state index in [0.717, 1.165) is 24.7 Å². The van der Waals surface area contributed by atoms with Crippen molar-refractivity contribution in [2.75, 3.05) is 0 Å². The van der Waals surface area contributed by atoms with Gasteiger partial charge in [0.2, 0.25) is 0 Å². The molecule has 114 valence electrons. The summed E-state index contributed by atoms with van der Waals surface area (Å²) in [6.45, 7) is 0.448. The highest BCUT2D eigenvalue weighted by atomic mass is 35.5. The van der Waals surface area contributed by atoms with Gasteiger partial charge in [-0.15, -0.1) is 0 Å². The molecule has 5 nitrogen and oxygen atoms in total. The molecule has 1 N–H and O–H groups in total. The lowest BCUT2D eigenvalue weighted by Crippen LogP contribution is -2.32. The quantitative estimate of drug-likeness (QED) is 0.916. The number of hydrogen-bond donors (Lipinski definition) is 1. The van der Waals surface area contributed by atoms with E-state index >= 15 is 0 Å². The van der Waals surface area contributed by atoms with Crippen LogP contribution in [0.1, 0.15) is 39.3 Å². The van der Waals surface area contributed by atoms with Crippen molar-refractivity contribution in [2.24, 2.45) is 0 Å². The molecule has 1 aromatic carbocycles. The Morgan fingerprint density at radius 1 is 1.27 bits per heavy atom. The summed E-state index contributed by atoms with van der Waals surface area (Å²) in [7, 11) is 0. The van der Waals surface area contributed by atoms with Gasteiger partial charge in [-0.05, 0) is 30.5 Å². The van der Waals surface area contributed by atoms with Crippen LogP contribution in [0.15, 0.2) is 41.0 Å². The molecule has 0 bridgehead atoms. The maximum Gasteiger partial charge on any atom is 0.338 e. The summed E-state index contributed by atoms with van der Waals surface area (Å²) in [6.07, 6.45) is 2.99. The third-order valence-corrected chi connectivity index (χ3v) is 3.82. The first-order chi connectivity index (χ1) is 10.5. The molecule has 1 aromatic heterocycles. The molecule has 3 rings (SSSR count). The summed E-state index contributed by atoms with van der Waals surface area (Å²) in [4.78, 5) is 25.1. The average Bonchev–Trinajstić information content (AvgIpc) is 3.21. The highest BCUT2D eigenvalue weighted by Crippen LogP contribution is 2.30. The molecule has 1 aliphatic rings. The van der Waals surface area contributed by atoms with Crippen LogP contribution in [0.3, 0.4) is 0 Å². The summed E-state index contributed by atoms with van der Waals surface area (Å²) in [6, 6.07) is 8.75. The van der Waals surface area contributed by atoms with E-state index in [9.17, 15) is 9.59 Å². The predicted octanol–water partition coefficient (Wildman–Crippen LogP) is 3.44. The Balaban J connectivity index is 1.79. The second-order valence-electron chi connectivity index (χ2n) is 5.30. The summed E-state index contributed by atoms with van der Waals surface area (Å²) in [5, 5.41) is 9.55. The van der Waals surface area contributed by atoms with Crippen molar-refractivity contribution in [3.8, 4) is 0 Å². The largest absolute Gasteiger partial charge is 0.478 e. The fourth-order valence-corrected chi connectivity index (χ4v) is 2.37. The maximum atomic E-state index is 12.5. The predicted molar refractivity (Wildman–Crippen MR) is 80.0 cm³/mol. The summed E-state index contributed by atoms with van der Waals surface area (Å²) < 4.78 is 5.11. The van der Waals surface area contributed by atoms with Gasteiger partial charge in [-0.3, -0.25) is 4.79 Å². The standard InChI is InChI=1S/C16H14ClNO4/c17-12-3-1-10(2-4-12)8-18(13-5-6-13)15(19)14-7-11(9-22-14)16(20)21/h1-4,7,9,13H,5-6,8H2,(H,20,21). The first-order valence-corrected chi connectivity index (χ1v) is 7.29. The number of halogens is 1. The SMILES string of the molecule is O=C(O)c1coc(C(=O)N(Cc2ccc(Cl)cc2)C2CC2)c1. The zero-order valence-electron chi connectivity index (χ0n) is 11.7. The summed E-state index contributed by atoms with van der Waals surface area (Å²) >= 11 is 5.86. The molecule has 0 atom stereocenters. The molecular formula is C16H14ClNO4. The monoisotopic (exact) mass is 319 g/mol. The number of carboxylic acids is 1. The van der Waals surface area contributed by atoms with Gasteiger partial charge in [-0.25, -0.2) is 4.79 Å². The number of furan rings is 1. The van der Waals surface area contributed by atoms with E-state index in [1.807, 2.05) is 12.1 Å². The van der Waals surface area contributed by atoms with Crippen molar-refractivity contribution in [3.05, 3.63) is 58.5 Å². The number of benzene rings is 1. The molecule has 2 aromatic rings. The van der Waals surface area contributed by atoms with Gasteiger partial charge in [-0.1, -0.05) is 23.7 Å². The van der Waals surface area contributed by atoms with E-state index in [-0.39, 0.29) is 23.3 Å². The topological polar surface area (TPSA) is 70.7 Å². The van der Waals surface area contributed by atoms with Crippen LogP contribution in [0.2, 0.25) is 5.02 Å². The molecule has 0 spiro atoms. The average molecular weight is 320 g/mol. The molecule has 22 heavy (non-hydrogen) atoms. The minimum absolute atomic E-state index is 0.0226. The van der Waals surface area contributed by atoms with Crippen molar-refractivity contribution >= 4 is 23.5 Å². The van der Waals surface area contributed by atoms with Gasteiger partial charge in [0, 0.05) is 23.7 Å². The highest BCUT2D eigenvalue weighted by molar-refractivity contribution is 6.30. The van der Waals surface area contributed by atoms with Crippen molar-refractivity contribution in [1.82, 2.24) is 4.90 Å². The van der Waals surface area contributed by atoms with Gasteiger partial charge in [0.15, 0.2) is 5.76 Å². The number of aromatic carboxylic acids is 1. The molecule has 1 amide bonds. The van der Waals surface area contributed by atoms with Crippen LogP contribution in [-0.2, 0) is 6.54 Å². The van der Waals surface area contributed by atoms with Crippen LogP contribution < -0.4 is 0 Å². The fourth-order valence-electron chi connectivity index (χ4n) is 2.24. The third kappa shape index (κ3) is 3.14. The second kappa shape index (κ2) is 5.85. The number of carbonyl (C=O) groups is 2. The van der Waals surface area contributed by atoms with Gasteiger partial charge < -0.3 is 14.4 Å².